The van der Waals surface area contributed by atoms with Crippen LogP contribution in [-0.4, -0.2) is 35.2 Å². The van der Waals surface area contributed by atoms with E-state index in [2.05, 4.69) is 0 Å². The van der Waals surface area contributed by atoms with Gasteiger partial charge in [-0.25, -0.2) is 0 Å². The molecule has 1 aliphatic heterocycles. The first-order valence-electron chi connectivity index (χ1n) is 7.08. The lowest BCUT2D eigenvalue weighted by atomic mass is 10.2. The molecule has 1 aromatic rings. The summed E-state index contributed by atoms with van der Waals surface area (Å²) in [4.78, 5) is 36.9. The van der Waals surface area contributed by atoms with Crippen LogP contribution in [0.5, 0.6) is 0 Å². The van der Waals surface area contributed by atoms with Crippen molar-refractivity contribution in [2.45, 2.75) is 19.8 Å². The van der Waals surface area contributed by atoms with E-state index in [4.69, 9.17) is 4.74 Å². The molecule has 0 aromatic heterocycles. The molecule has 0 N–H and O–H groups in total. The molecule has 1 heterocycles. The second kappa shape index (κ2) is 7.79. The van der Waals surface area contributed by atoms with Gasteiger partial charge < -0.3 is 4.74 Å². The van der Waals surface area contributed by atoms with E-state index < -0.39 is 17.1 Å². The quantitative estimate of drug-likeness (QED) is 0.458. The highest BCUT2D eigenvalue weighted by Crippen LogP contribution is 2.31. The molecular weight excluding hydrogens is 302 g/mol. The minimum Gasteiger partial charge on any atom is -0.464 e. The average Bonchev–Trinajstić information content (AvgIpc) is 2.76. The SMILES string of the molecule is CCCCOC(=O)CN1C(=O)S/C(=C/c2ccccc2)C1=O. The zero-order valence-electron chi connectivity index (χ0n) is 12.3. The van der Waals surface area contributed by atoms with Gasteiger partial charge >= 0.3 is 5.97 Å². The summed E-state index contributed by atoms with van der Waals surface area (Å²) in [5.41, 5.74) is 0.832. The summed E-state index contributed by atoms with van der Waals surface area (Å²) >= 11 is 0.838. The van der Waals surface area contributed by atoms with E-state index in [0.29, 0.717) is 11.5 Å². The molecule has 1 saturated heterocycles. The molecule has 22 heavy (non-hydrogen) atoms. The van der Waals surface area contributed by atoms with Crippen molar-refractivity contribution in [1.82, 2.24) is 4.90 Å². The summed E-state index contributed by atoms with van der Waals surface area (Å²) in [7, 11) is 0. The first-order chi connectivity index (χ1) is 10.6. The van der Waals surface area contributed by atoms with Gasteiger partial charge in [0, 0.05) is 0 Å². The number of benzene rings is 1. The third kappa shape index (κ3) is 4.21. The normalized spacial score (nSPS) is 16.4. The van der Waals surface area contributed by atoms with E-state index in [1.807, 2.05) is 37.3 Å². The Morgan fingerprint density at radius 2 is 2.00 bits per heavy atom. The van der Waals surface area contributed by atoms with Crippen LogP contribution in [0.25, 0.3) is 6.08 Å². The van der Waals surface area contributed by atoms with Crippen molar-refractivity contribution in [1.29, 1.82) is 0 Å². The molecule has 0 radical (unpaired) electrons. The molecule has 116 valence electrons. The molecule has 1 fully saturated rings. The molecule has 2 amide bonds. The number of carbonyl (C=O) groups is 3. The Morgan fingerprint density at radius 3 is 2.68 bits per heavy atom. The Morgan fingerprint density at radius 1 is 1.27 bits per heavy atom. The maximum atomic E-state index is 12.2. The number of unbranched alkanes of at least 4 members (excludes halogenated alkanes) is 1. The summed E-state index contributed by atoms with van der Waals surface area (Å²) in [6.45, 7) is 1.96. The molecule has 0 saturated carbocycles. The monoisotopic (exact) mass is 319 g/mol. The summed E-state index contributed by atoms with van der Waals surface area (Å²) in [5.74, 6) is -1.01. The second-order valence-corrected chi connectivity index (χ2v) is 5.75. The van der Waals surface area contributed by atoms with Crippen molar-refractivity contribution in [3.05, 3.63) is 40.8 Å². The lowest BCUT2D eigenvalue weighted by molar-refractivity contribution is -0.146. The molecule has 1 aliphatic rings. The maximum Gasteiger partial charge on any atom is 0.326 e. The lowest BCUT2D eigenvalue weighted by Crippen LogP contribution is -2.34. The average molecular weight is 319 g/mol. The highest BCUT2D eigenvalue weighted by molar-refractivity contribution is 8.18. The van der Waals surface area contributed by atoms with Gasteiger partial charge in [-0.2, -0.15) is 0 Å². The predicted molar refractivity (Wildman–Crippen MR) is 85.0 cm³/mol. The summed E-state index contributed by atoms with van der Waals surface area (Å²) < 4.78 is 4.98. The Balaban J connectivity index is 2.00. The van der Waals surface area contributed by atoms with Crippen molar-refractivity contribution < 1.29 is 19.1 Å². The second-order valence-electron chi connectivity index (χ2n) is 4.75. The Hall–Kier alpha value is -2.08. The zero-order chi connectivity index (χ0) is 15.9. The number of rotatable bonds is 6. The van der Waals surface area contributed by atoms with E-state index in [9.17, 15) is 14.4 Å². The summed E-state index contributed by atoms with van der Waals surface area (Å²) in [6.07, 6.45) is 3.32. The molecule has 6 heteroatoms. The van der Waals surface area contributed by atoms with Crippen LogP contribution in [0.4, 0.5) is 4.79 Å². The van der Waals surface area contributed by atoms with Gasteiger partial charge in [0.2, 0.25) is 0 Å². The van der Waals surface area contributed by atoms with Gasteiger partial charge in [0.25, 0.3) is 11.1 Å². The summed E-state index contributed by atoms with van der Waals surface area (Å²) in [5, 5.41) is -0.445. The van der Waals surface area contributed by atoms with Gasteiger partial charge in [0.1, 0.15) is 6.54 Å². The van der Waals surface area contributed by atoms with Crippen molar-refractivity contribution in [3.8, 4) is 0 Å². The molecule has 0 bridgehead atoms. The number of carbonyl (C=O) groups excluding carboxylic acids is 3. The minimum absolute atomic E-state index is 0.311. The van der Waals surface area contributed by atoms with Crippen LogP contribution in [0, 0.1) is 0 Å². The van der Waals surface area contributed by atoms with E-state index >= 15 is 0 Å². The van der Waals surface area contributed by atoms with Crippen LogP contribution >= 0.6 is 11.8 Å². The lowest BCUT2D eigenvalue weighted by Gasteiger charge is -2.11. The molecule has 0 atom stereocenters. The van der Waals surface area contributed by atoms with Crippen molar-refractivity contribution in [2.75, 3.05) is 13.2 Å². The number of ether oxygens (including phenoxy) is 1. The van der Waals surface area contributed by atoms with E-state index in [1.54, 1.807) is 6.08 Å². The maximum absolute atomic E-state index is 12.2. The number of hydrogen-bond donors (Lipinski definition) is 0. The fraction of sp³-hybridized carbons (Fsp3) is 0.312. The first kappa shape index (κ1) is 16.3. The predicted octanol–water partition coefficient (Wildman–Crippen LogP) is 3.07. The molecular formula is C16H17NO4S. The molecule has 1 aromatic carbocycles. The molecule has 0 unspecified atom stereocenters. The van der Waals surface area contributed by atoms with E-state index in [0.717, 1.165) is 35.1 Å². The van der Waals surface area contributed by atoms with Crippen LogP contribution in [0.2, 0.25) is 0 Å². The number of hydrogen-bond acceptors (Lipinski definition) is 5. The number of imide groups is 1. The van der Waals surface area contributed by atoms with Crippen molar-refractivity contribution in [2.24, 2.45) is 0 Å². The van der Waals surface area contributed by atoms with Crippen molar-refractivity contribution >= 4 is 35.0 Å². The number of esters is 1. The van der Waals surface area contributed by atoms with Crippen LogP contribution < -0.4 is 0 Å². The van der Waals surface area contributed by atoms with Gasteiger partial charge in [0.05, 0.1) is 11.5 Å². The largest absolute Gasteiger partial charge is 0.464 e. The van der Waals surface area contributed by atoms with Gasteiger partial charge in [0.15, 0.2) is 0 Å². The van der Waals surface area contributed by atoms with Crippen LogP contribution in [0.15, 0.2) is 35.2 Å². The smallest absolute Gasteiger partial charge is 0.326 e. The Kier molecular flexibility index (Phi) is 5.77. The Labute approximate surface area is 133 Å². The van der Waals surface area contributed by atoms with Gasteiger partial charge in [-0.15, -0.1) is 0 Å². The van der Waals surface area contributed by atoms with Crippen LogP contribution in [-0.2, 0) is 14.3 Å². The van der Waals surface area contributed by atoms with Crippen LogP contribution in [0.1, 0.15) is 25.3 Å². The molecule has 5 nitrogen and oxygen atoms in total. The topological polar surface area (TPSA) is 63.7 Å². The molecule has 0 aliphatic carbocycles. The molecule has 0 spiro atoms. The molecule has 2 rings (SSSR count). The first-order valence-corrected chi connectivity index (χ1v) is 7.89. The highest BCUT2D eigenvalue weighted by Gasteiger charge is 2.36. The van der Waals surface area contributed by atoms with Crippen LogP contribution in [0.3, 0.4) is 0 Å². The van der Waals surface area contributed by atoms with Crippen molar-refractivity contribution in [3.63, 3.8) is 0 Å². The van der Waals surface area contributed by atoms with Gasteiger partial charge in [-0.1, -0.05) is 43.7 Å². The fourth-order valence-corrected chi connectivity index (χ4v) is 2.68. The van der Waals surface area contributed by atoms with Gasteiger partial charge in [-0.05, 0) is 29.8 Å². The zero-order valence-corrected chi connectivity index (χ0v) is 13.1. The van der Waals surface area contributed by atoms with E-state index in [1.165, 1.54) is 0 Å². The minimum atomic E-state index is -0.559. The number of nitrogens with zero attached hydrogens (tertiary/aromatic N) is 1. The third-order valence-electron chi connectivity index (χ3n) is 3.02. The standard InChI is InChI=1S/C16H17NO4S/c1-2-3-9-21-14(18)11-17-15(19)13(22-16(17)20)10-12-7-5-4-6-8-12/h4-8,10H,2-3,9,11H2,1H3/b13-10+. The summed E-state index contributed by atoms with van der Waals surface area (Å²) in [6, 6.07) is 9.25. The van der Waals surface area contributed by atoms with Gasteiger partial charge in [-0.3, -0.25) is 19.3 Å². The number of thioether (sulfide) groups is 1. The third-order valence-corrected chi connectivity index (χ3v) is 3.93. The van der Waals surface area contributed by atoms with E-state index in [-0.39, 0.29) is 6.54 Å². The Bertz CT molecular complexity index is 597. The highest BCUT2D eigenvalue weighted by atomic mass is 32.2. The number of amides is 2. The fourth-order valence-electron chi connectivity index (χ4n) is 1.84.